The van der Waals surface area contributed by atoms with E-state index < -0.39 is 0 Å². The standard InChI is InChI=1S/C16H17BrN2O/c1-3-18-14-7-4-12(5-8-14)16(20)19-15-9-6-13(17)10-11(15)2/h4-10,18H,3H2,1-2H3,(H,19,20). The van der Waals surface area contributed by atoms with E-state index >= 15 is 0 Å². The molecule has 0 spiro atoms. The zero-order chi connectivity index (χ0) is 14.5. The van der Waals surface area contributed by atoms with Crippen LogP contribution in [-0.4, -0.2) is 12.5 Å². The molecule has 3 nitrogen and oxygen atoms in total. The molecule has 0 aliphatic heterocycles. The van der Waals surface area contributed by atoms with Crippen molar-refractivity contribution in [2.24, 2.45) is 0 Å². The van der Waals surface area contributed by atoms with Crippen LogP contribution < -0.4 is 10.6 Å². The lowest BCUT2D eigenvalue weighted by molar-refractivity contribution is 0.102. The summed E-state index contributed by atoms with van der Waals surface area (Å²) in [6.45, 7) is 4.87. The number of carbonyl (C=O) groups excluding carboxylic acids is 1. The molecule has 0 aliphatic rings. The number of hydrogen-bond acceptors (Lipinski definition) is 2. The van der Waals surface area contributed by atoms with Crippen molar-refractivity contribution < 1.29 is 4.79 Å². The lowest BCUT2D eigenvalue weighted by Gasteiger charge is -2.09. The highest BCUT2D eigenvalue weighted by molar-refractivity contribution is 9.10. The summed E-state index contributed by atoms with van der Waals surface area (Å²) >= 11 is 3.41. The van der Waals surface area contributed by atoms with Gasteiger partial charge in [0.05, 0.1) is 0 Å². The third-order valence-electron chi connectivity index (χ3n) is 2.96. The highest BCUT2D eigenvalue weighted by Crippen LogP contribution is 2.21. The lowest BCUT2D eigenvalue weighted by atomic mass is 10.1. The molecule has 0 unspecified atom stereocenters. The Morgan fingerprint density at radius 1 is 1.15 bits per heavy atom. The zero-order valence-electron chi connectivity index (χ0n) is 11.5. The second-order valence-corrected chi connectivity index (χ2v) is 5.44. The van der Waals surface area contributed by atoms with Crippen molar-refractivity contribution in [2.45, 2.75) is 13.8 Å². The van der Waals surface area contributed by atoms with Gasteiger partial charge in [-0.25, -0.2) is 0 Å². The number of benzene rings is 2. The molecule has 0 fully saturated rings. The average molecular weight is 333 g/mol. The lowest BCUT2D eigenvalue weighted by Crippen LogP contribution is -2.12. The maximum Gasteiger partial charge on any atom is 0.255 e. The summed E-state index contributed by atoms with van der Waals surface area (Å²) in [6.07, 6.45) is 0. The van der Waals surface area contributed by atoms with Gasteiger partial charge in [-0.3, -0.25) is 4.79 Å². The molecule has 20 heavy (non-hydrogen) atoms. The zero-order valence-corrected chi connectivity index (χ0v) is 13.1. The van der Waals surface area contributed by atoms with Crippen molar-refractivity contribution >= 4 is 33.2 Å². The number of rotatable bonds is 4. The van der Waals surface area contributed by atoms with Crippen LogP contribution in [0.1, 0.15) is 22.8 Å². The van der Waals surface area contributed by atoms with Crippen LogP contribution in [0.25, 0.3) is 0 Å². The van der Waals surface area contributed by atoms with Gasteiger partial charge in [-0.2, -0.15) is 0 Å². The Morgan fingerprint density at radius 3 is 2.45 bits per heavy atom. The first-order valence-corrected chi connectivity index (χ1v) is 7.31. The molecule has 1 amide bonds. The van der Waals surface area contributed by atoms with Gasteiger partial charge in [0.25, 0.3) is 5.91 Å². The fourth-order valence-corrected chi connectivity index (χ4v) is 2.38. The second-order valence-electron chi connectivity index (χ2n) is 4.52. The van der Waals surface area contributed by atoms with Crippen LogP contribution in [-0.2, 0) is 0 Å². The molecule has 2 N–H and O–H groups in total. The van der Waals surface area contributed by atoms with E-state index in [0.717, 1.165) is 28.0 Å². The van der Waals surface area contributed by atoms with E-state index in [1.807, 2.05) is 56.3 Å². The minimum atomic E-state index is -0.0986. The van der Waals surface area contributed by atoms with Crippen LogP contribution >= 0.6 is 15.9 Å². The van der Waals surface area contributed by atoms with Crippen LogP contribution in [0.3, 0.4) is 0 Å². The maximum atomic E-state index is 12.2. The van der Waals surface area contributed by atoms with Gasteiger partial charge in [0.1, 0.15) is 0 Å². The van der Waals surface area contributed by atoms with E-state index in [2.05, 4.69) is 26.6 Å². The molecule has 0 heterocycles. The van der Waals surface area contributed by atoms with Gasteiger partial charge in [-0.15, -0.1) is 0 Å². The molecular weight excluding hydrogens is 316 g/mol. The Labute approximate surface area is 127 Å². The molecule has 2 aromatic carbocycles. The molecule has 0 aliphatic carbocycles. The number of aryl methyl sites for hydroxylation is 1. The van der Waals surface area contributed by atoms with Gasteiger partial charge in [0.15, 0.2) is 0 Å². The third kappa shape index (κ3) is 3.61. The van der Waals surface area contributed by atoms with E-state index in [4.69, 9.17) is 0 Å². The van der Waals surface area contributed by atoms with Gasteiger partial charge in [0, 0.05) is 28.0 Å². The van der Waals surface area contributed by atoms with Crippen molar-refractivity contribution in [2.75, 3.05) is 17.2 Å². The quantitative estimate of drug-likeness (QED) is 0.868. The first kappa shape index (κ1) is 14.6. The highest BCUT2D eigenvalue weighted by Gasteiger charge is 2.07. The first-order chi connectivity index (χ1) is 9.60. The molecule has 0 saturated heterocycles. The summed E-state index contributed by atoms with van der Waals surface area (Å²) in [6, 6.07) is 13.2. The number of nitrogens with one attached hydrogen (secondary N) is 2. The predicted octanol–water partition coefficient (Wildman–Crippen LogP) is 4.44. The first-order valence-electron chi connectivity index (χ1n) is 6.51. The third-order valence-corrected chi connectivity index (χ3v) is 3.46. The van der Waals surface area contributed by atoms with Gasteiger partial charge in [-0.1, -0.05) is 15.9 Å². The Bertz CT molecular complexity index is 608. The Hall–Kier alpha value is -1.81. The Balaban J connectivity index is 2.11. The minimum Gasteiger partial charge on any atom is -0.385 e. The van der Waals surface area contributed by atoms with Crippen LogP contribution in [0.4, 0.5) is 11.4 Å². The molecule has 0 atom stereocenters. The average Bonchev–Trinajstić information content (AvgIpc) is 2.43. The number of anilines is 2. The summed E-state index contributed by atoms with van der Waals surface area (Å²) in [7, 11) is 0. The van der Waals surface area contributed by atoms with Crippen molar-refractivity contribution in [3.8, 4) is 0 Å². The molecule has 0 bridgehead atoms. The van der Waals surface area contributed by atoms with Crippen molar-refractivity contribution in [3.63, 3.8) is 0 Å². The SMILES string of the molecule is CCNc1ccc(C(=O)Nc2ccc(Br)cc2C)cc1. The van der Waals surface area contributed by atoms with Gasteiger partial charge < -0.3 is 10.6 Å². The van der Waals surface area contributed by atoms with Crippen molar-refractivity contribution in [1.82, 2.24) is 0 Å². The Morgan fingerprint density at radius 2 is 1.85 bits per heavy atom. The highest BCUT2D eigenvalue weighted by atomic mass is 79.9. The molecule has 2 rings (SSSR count). The van der Waals surface area contributed by atoms with E-state index in [1.165, 1.54) is 0 Å². The molecular formula is C16H17BrN2O. The van der Waals surface area contributed by atoms with Crippen LogP contribution in [0, 0.1) is 6.92 Å². The van der Waals surface area contributed by atoms with E-state index in [1.54, 1.807) is 0 Å². The van der Waals surface area contributed by atoms with E-state index in [-0.39, 0.29) is 5.91 Å². The summed E-state index contributed by atoms with van der Waals surface area (Å²) in [4.78, 5) is 12.2. The number of carbonyl (C=O) groups is 1. The van der Waals surface area contributed by atoms with E-state index in [9.17, 15) is 4.79 Å². The number of halogens is 1. The topological polar surface area (TPSA) is 41.1 Å². The molecule has 0 aromatic heterocycles. The van der Waals surface area contributed by atoms with Gasteiger partial charge >= 0.3 is 0 Å². The largest absolute Gasteiger partial charge is 0.385 e. The monoisotopic (exact) mass is 332 g/mol. The Kier molecular flexibility index (Phi) is 4.79. The predicted molar refractivity (Wildman–Crippen MR) is 87.4 cm³/mol. The normalized spacial score (nSPS) is 10.2. The number of amides is 1. The summed E-state index contributed by atoms with van der Waals surface area (Å²) < 4.78 is 1.00. The maximum absolute atomic E-state index is 12.2. The molecule has 0 radical (unpaired) electrons. The van der Waals surface area contributed by atoms with Gasteiger partial charge in [0.2, 0.25) is 0 Å². The van der Waals surface area contributed by atoms with Gasteiger partial charge in [-0.05, 0) is 61.9 Å². The van der Waals surface area contributed by atoms with Crippen LogP contribution in [0.2, 0.25) is 0 Å². The van der Waals surface area contributed by atoms with E-state index in [0.29, 0.717) is 5.56 Å². The smallest absolute Gasteiger partial charge is 0.255 e. The fraction of sp³-hybridized carbons (Fsp3) is 0.188. The van der Waals surface area contributed by atoms with Crippen molar-refractivity contribution in [1.29, 1.82) is 0 Å². The van der Waals surface area contributed by atoms with Crippen LogP contribution in [0.5, 0.6) is 0 Å². The fourth-order valence-electron chi connectivity index (χ4n) is 1.91. The van der Waals surface area contributed by atoms with Crippen molar-refractivity contribution in [3.05, 3.63) is 58.1 Å². The molecule has 4 heteroatoms. The summed E-state index contributed by atoms with van der Waals surface area (Å²) in [5.74, 6) is -0.0986. The summed E-state index contributed by atoms with van der Waals surface area (Å²) in [5, 5.41) is 6.13. The molecule has 0 saturated carbocycles. The summed E-state index contributed by atoms with van der Waals surface area (Å²) in [5.41, 5.74) is 3.52. The van der Waals surface area contributed by atoms with Crippen LogP contribution in [0.15, 0.2) is 46.9 Å². The minimum absolute atomic E-state index is 0.0986. The second kappa shape index (κ2) is 6.57. The molecule has 104 valence electrons. The molecule has 2 aromatic rings. The number of hydrogen-bond donors (Lipinski definition) is 2.